The third kappa shape index (κ3) is 5.31. The maximum Gasteiger partial charge on any atom is 0.340 e. The van der Waals surface area contributed by atoms with E-state index in [-0.39, 0.29) is 27.9 Å². The summed E-state index contributed by atoms with van der Waals surface area (Å²) in [5.41, 5.74) is 0.981. The van der Waals surface area contributed by atoms with Gasteiger partial charge < -0.3 is 4.74 Å². The molecule has 0 bridgehead atoms. The fourth-order valence-corrected chi connectivity index (χ4v) is 5.64. The maximum atomic E-state index is 13.3. The number of ether oxygens (including phenoxy) is 1. The van der Waals surface area contributed by atoms with Crippen molar-refractivity contribution >= 4 is 44.9 Å². The fraction of sp³-hybridized carbons (Fsp3) is 0.115. The van der Waals surface area contributed by atoms with Crippen molar-refractivity contribution < 1.29 is 17.9 Å². The van der Waals surface area contributed by atoms with Crippen LogP contribution in [0.15, 0.2) is 76.4 Å². The number of aromatic nitrogens is 2. The van der Waals surface area contributed by atoms with E-state index in [0.717, 1.165) is 12.1 Å². The van der Waals surface area contributed by atoms with Gasteiger partial charge in [-0.2, -0.15) is 5.26 Å². The zero-order valence-electron chi connectivity index (χ0n) is 20.1. The van der Waals surface area contributed by atoms with E-state index in [2.05, 4.69) is 4.72 Å². The van der Waals surface area contributed by atoms with Gasteiger partial charge in [-0.15, -0.1) is 0 Å². The van der Waals surface area contributed by atoms with E-state index >= 15 is 0 Å². The number of anilines is 1. The molecule has 1 aromatic heterocycles. The van der Waals surface area contributed by atoms with Crippen LogP contribution in [0.5, 0.6) is 0 Å². The number of hydrogen-bond acceptors (Lipinski definition) is 6. The van der Waals surface area contributed by atoms with Gasteiger partial charge >= 0.3 is 5.97 Å². The van der Waals surface area contributed by atoms with E-state index < -0.39 is 26.4 Å². The smallest absolute Gasteiger partial charge is 0.340 e. The van der Waals surface area contributed by atoms with E-state index in [1.54, 1.807) is 68.6 Å². The molecule has 1 N–H and O–H groups in total. The topological polar surface area (TPSA) is 123 Å². The lowest BCUT2D eigenvalue weighted by atomic mass is 10.1. The number of carbonyl (C=O) groups excluding carboxylic acids is 1. The molecule has 12 heteroatoms. The number of sulfonamides is 1. The molecule has 0 fully saturated rings. The molecule has 1 heterocycles. The molecule has 0 atom stereocenters. The molecule has 0 radical (unpaired) electrons. The van der Waals surface area contributed by atoms with Crippen molar-refractivity contribution in [2.24, 2.45) is 7.05 Å². The molecule has 0 aliphatic heterocycles. The summed E-state index contributed by atoms with van der Waals surface area (Å²) in [6.45, 7) is 1.46. The lowest BCUT2D eigenvalue weighted by Crippen LogP contribution is -2.23. The summed E-state index contributed by atoms with van der Waals surface area (Å²) in [6.07, 6.45) is 0. The monoisotopic (exact) mass is 570 g/mol. The van der Waals surface area contributed by atoms with E-state index in [9.17, 15) is 18.0 Å². The minimum atomic E-state index is -4.43. The number of benzene rings is 3. The number of nitrogens with zero attached hydrogens (tertiary/aromatic N) is 3. The molecule has 0 saturated heterocycles. The molecule has 4 aromatic rings. The van der Waals surface area contributed by atoms with Crippen molar-refractivity contribution in [3.8, 4) is 11.8 Å². The summed E-state index contributed by atoms with van der Waals surface area (Å²) in [6, 6.07) is 19.2. The van der Waals surface area contributed by atoms with Crippen molar-refractivity contribution in [3.63, 3.8) is 0 Å². The van der Waals surface area contributed by atoms with Crippen LogP contribution < -0.4 is 10.3 Å². The molecular weight excluding hydrogens is 551 g/mol. The molecular formula is C26H20Cl2N4O5S. The minimum absolute atomic E-state index is 0.110. The number of esters is 1. The molecule has 9 nitrogen and oxygen atoms in total. The van der Waals surface area contributed by atoms with E-state index in [1.807, 2.05) is 6.07 Å². The quantitative estimate of drug-likeness (QED) is 0.318. The minimum Gasteiger partial charge on any atom is -0.457 e. The molecule has 0 aliphatic carbocycles. The van der Waals surface area contributed by atoms with Crippen molar-refractivity contribution in [1.29, 1.82) is 5.26 Å². The van der Waals surface area contributed by atoms with Crippen LogP contribution >= 0.6 is 23.2 Å². The summed E-state index contributed by atoms with van der Waals surface area (Å²) < 4.78 is 37.1. The molecule has 38 heavy (non-hydrogen) atoms. The second-order valence-electron chi connectivity index (χ2n) is 8.19. The lowest BCUT2D eigenvalue weighted by Gasteiger charge is -2.12. The second kappa shape index (κ2) is 10.8. The Morgan fingerprint density at radius 2 is 1.71 bits per heavy atom. The third-order valence-corrected chi connectivity index (χ3v) is 7.90. The zero-order chi connectivity index (χ0) is 27.6. The van der Waals surface area contributed by atoms with E-state index in [1.165, 1.54) is 9.36 Å². The lowest BCUT2D eigenvalue weighted by molar-refractivity contribution is 0.0472. The molecule has 0 spiro atoms. The first-order chi connectivity index (χ1) is 18.0. The third-order valence-electron chi connectivity index (χ3n) is 5.77. The van der Waals surface area contributed by atoms with Crippen LogP contribution in [0.1, 0.15) is 27.2 Å². The Kier molecular flexibility index (Phi) is 7.64. The zero-order valence-corrected chi connectivity index (χ0v) is 22.4. The van der Waals surface area contributed by atoms with Crippen LogP contribution in [0.3, 0.4) is 0 Å². The number of nitrogens with one attached hydrogen (secondary N) is 1. The fourth-order valence-electron chi connectivity index (χ4n) is 3.67. The number of carbonyl (C=O) groups is 1. The highest BCUT2D eigenvalue weighted by molar-refractivity contribution is 7.92. The molecule has 3 aromatic carbocycles. The van der Waals surface area contributed by atoms with Crippen LogP contribution in [-0.4, -0.2) is 23.8 Å². The van der Waals surface area contributed by atoms with Crippen molar-refractivity contribution in [3.05, 3.63) is 110 Å². The Hall–Kier alpha value is -4.04. The first kappa shape index (κ1) is 27.0. The van der Waals surface area contributed by atoms with Gasteiger partial charge in [-0.05, 0) is 48.9 Å². The first-order valence-corrected chi connectivity index (χ1v) is 13.3. The normalized spacial score (nSPS) is 11.1. The van der Waals surface area contributed by atoms with Crippen molar-refractivity contribution in [2.45, 2.75) is 18.4 Å². The van der Waals surface area contributed by atoms with Gasteiger partial charge in [0.1, 0.15) is 17.2 Å². The predicted molar refractivity (Wildman–Crippen MR) is 143 cm³/mol. The second-order valence-corrected chi connectivity index (χ2v) is 10.7. The highest BCUT2D eigenvalue weighted by Crippen LogP contribution is 2.31. The van der Waals surface area contributed by atoms with Gasteiger partial charge in [0.15, 0.2) is 0 Å². The Morgan fingerprint density at radius 1 is 1.05 bits per heavy atom. The molecule has 4 rings (SSSR count). The van der Waals surface area contributed by atoms with Crippen LogP contribution in [0.4, 0.5) is 5.69 Å². The van der Waals surface area contributed by atoms with Crippen molar-refractivity contribution in [2.75, 3.05) is 4.72 Å². The van der Waals surface area contributed by atoms with Gasteiger partial charge in [-0.1, -0.05) is 53.5 Å². The Labute approximate surface area is 228 Å². The predicted octanol–water partition coefficient (Wildman–Crippen LogP) is 4.82. The number of para-hydroxylation sites is 1. The van der Waals surface area contributed by atoms with Crippen LogP contribution in [-0.2, 0) is 28.4 Å². The molecule has 0 unspecified atom stereocenters. The van der Waals surface area contributed by atoms with Gasteiger partial charge in [0.05, 0.1) is 38.6 Å². The average Bonchev–Trinajstić information content (AvgIpc) is 3.10. The van der Waals surface area contributed by atoms with Crippen LogP contribution in [0, 0.1) is 18.3 Å². The summed E-state index contributed by atoms with van der Waals surface area (Å²) in [4.78, 5) is 25.5. The largest absolute Gasteiger partial charge is 0.457 e. The van der Waals surface area contributed by atoms with Crippen LogP contribution in [0.25, 0.3) is 5.69 Å². The summed E-state index contributed by atoms with van der Waals surface area (Å²) in [5.74, 6) is -0.880. The number of rotatable bonds is 7. The number of nitriles is 1. The standard InChI is InChI=1S/C26H20Cl2N4O5S/c1-16-24(25(33)32(31(16)2)19-6-4-3-5-7-19)30-38(35,36)23-12-20(21(27)13-22(23)28)26(34)37-15-18-10-8-17(14-29)9-11-18/h3-13,30H,15H2,1-2H3. The van der Waals surface area contributed by atoms with Gasteiger partial charge in [0.2, 0.25) is 0 Å². The van der Waals surface area contributed by atoms with Gasteiger partial charge in [0, 0.05) is 7.05 Å². The average molecular weight is 571 g/mol. The highest BCUT2D eigenvalue weighted by Gasteiger charge is 2.27. The molecule has 0 saturated carbocycles. The van der Waals surface area contributed by atoms with Gasteiger partial charge in [-0.3, -0.25) is 14.2 Å². The Morgan fingerprint density at radius 3 is 2.34 bits per heavy atom. The number of halogens is 2. The molecule has 0 aliphatic rings. The summed E-state index contributed by atoms with van der Waals surface area (Å²) in [7, 11) is -2.80. The summed E-state index contributed by atoms with van der Waals surface area (Å²) in [5, 5.41) is 8.54. The van der Waals surface area contributed by atoms with E-state index in [0.29, 0.717) is 22.5 Å². The van der Waals surface area contributed by atoms with Crippen molar-refractivity contribution in [1.82, 2.24) is 9.36 Å². The maximum absolute atomic E-state index is 13.3. The summed E-state index contributed by atoms with van der Waals surface area (Å²) >= 11 is 12.4. The Bertz CT molecular complexity index is 1740. The first-order valence-electron chi connectivity index (χ1n) is 11.1. The number of hydrogen-bond donors (Lipinski definition) is 1. The van der Waals surface area contributed by atoms with Gasteiger partial charge in [0.25, 0.3) is 15.6 Å². The van der Waals surface area contributed by atoms with Crippen LogP contribution in [0.2, 0.25) is 10.0 Å². The highest BCUT2D eigenvalue weighted by atomic mass is 35.5. The van der Waals surface area contributed by atoms with E-state index in [4.69, 9.17) is 33.2 Å². The molecule has 194 valence electrons. The Balaban J connectivity index is 1.64. The SMILES string of the molecule is Cc1c(NS(=O)(=O)c2cc(C(=O)OCc3ccc(C#N)cc3)c(Cl)cc2Cl)c(=O)n(-c2ccccc2)n1C. The van der Waals surface area contributed by atoms with Gasteiger partial charge in [-0.25, -0.2) is 17.9 Å². The molecule has 0 amide bonds.